The van der Waals surface area contributed by atoms with Crippen LogP contribution in [-0.4, -0.2) is 19.9 Å². The van der Waals surface area contributed by atoms with Gasteiger partial charge in [-0.25, -0.2) is 23.7 Å². The normalized spacial score (nSPS) is 11.0. The third-order valence-electron chi connectivity index (χ3n) is 4.05. The number of anilines is 1. The molecule has 1 aromatic carbocycles. The zero-order chi connectivity index (χ0) is 17.9. The molecule has 0 fully saturated rings. The largest absolute Gasteiger partial charge is 0.350 e. The quantitative estimate of drug-likeness (QED) is 0.573. The van der Waals surface area contributed by atoms with Gasteiger partial charge in [0.05, 0.1) is 6.20 Å². The molecule has 0 spiro atoms. The monoisotopic (exact) mass is 351 g/mol. The second kappa shape index (κ2) is 6.87. The summed E-state index contributed by atoms with van der Waals surface area (Å²) in [7, 11) is 0. The molecule has 5 nitrogen and oxygen atoms in total. The van der Waals surface area contributed by atoms with Gasteiger partial charge < -0.3 is 10.3 Å². The summed E-state index contributed by atoms with van der Waals surface area (Å²) in [4.78, 5) is 15.6. The van der Waals surface area contributed by atoms with Gasteiger partial charge >= 0.3 is 0 Å². The summed E-state index contributed by atoms with van der Waals surface area (Å²) in [5.41, 5.74) is 3.43. The average molecular weight is 351 g/mol. The van der Waals surface area contributed by atoms with Gasteiger partial charge in [0, 0.05) is 36.9 Å². The van der Waals surface area contributed by atoms with Crippen molar-refractivity contribution in [3.63, 3.8) is 0 Å². The number of aromatic nitrogens is 4. The van der Waals surface area contributed by atoms with Crippen LogP contribution < -0.4 is 5.32 Å². The number of hydrogen-bond acceptors (Lipinski definition) is 4. The van der Waals surface area contributed by atoms with Crippen molar-refractivity contribution in [2.45, 2.75) is 13.0 Å². The SMILES string of the molecule is Fc1ccc(CNc2ncc(Cc3c[nH]c4ncc(F)cc34)cn2)cc1. The first-order valence-corrected chi connectivity index (χ1v) is 8.08. The molecule has 0 saturated carbocycles. The Hall–Kier alpha value is -3.35. The highest BCUT2D eigenvalue weighted by Gasteiger charge is 2.08. The van der Waals surface area contributed by atoms with Gasteiger partial charge in [-0.2, -0.15) is 0 Å². The smallest absolute Gasteiger partial charge is 0.222 e. The number of hydrogen-bond donors (Lipinski definition) is 2. The van der Waals surface area contributed by atoms with Gasteiger partial charge in [-0.3, -0.25) is 0 Å². The molecule has 0 aliphatic carbocycles. The number of H-pyrrole nitrogens is 1. The molecule has 4 rings (SSSR count). The minimum Gasteiger partial charge on any atom is -0.350 e. The van der Waals surface area contributed by atoms with Crippen molar-refractivity contribution in [1.29, 1.82) is 0 Å². The number of aromatic amines is 1. The molecule has 0 atom stereocenters. The van der Waals surface area contributed by atoms with E-state index in [1.165, 1.54) is 24.4 Å². The Morgan fingerprint density at radius 2 is 1.65 bits per heavy atom. The van der Waals surface area contributed by atoms with Crippen LogP contribution in [0.2, 0.25) is 0 Å². The highest BCUT2D eigenvalue weighted by Crippen LogP contribution is 2.20. The summed E-state index contributed by atoms with van der Waals surface area (Å²) in [6, 6.07) is 7.72. The lowest BCUT2D eigenvalue weighted by atomic mass is 10.1. The minimum absolute atomic E-state index is 0.262. The average Bonchev–Trinajstić information content (AvgIpc) is 3.04. The number of nitrogens with zero attached hydrogens (tertiary/aromatic N) is 3. The summed E-state index contributed by atoms with van der Waals surface area (Å²) < 4.78 is 26.3. The van der Waals surface area contributed by atoms with Gasteiger partial charge in [0.15, 0.2) is 0 Å². The maximum absolute atomic E-state index is 13.4. The van der Waals surface area contributed by atoms with E-state index in [1.54, 1.807) is 24.5 Å². The van der Waals surface area contributed by atoms with Gasteiger partial charge in [-0.1, -0.05) is 12.1 Å². The third-order valence-corrected chi connectivity index (χ3v) is 4.05. The first-order valence-electron chi connectivity index (χ1n) is 8.08. The van der Waals surface area contributed by atoms with Crippen LogP contribution in [0.4, 0.5) is 14.7 Å². The molecule has 2 N–H and O–H groups in total. The predicted octanol–water partition coefficient (Wildman–Crippen LogP) is 3.83. The van der Waals surface area contributed by atoms with E-state index in [0.717, 1.165) is 22.1 Å². The van der Waals surface area contributed by atoms with E-state index in [4.69, 9.17) is 0 Å². The summed E-state index contributed by atoms with van der Waals surface area (Å²) in [5, 5.41) is 3.85. The Kier molecular flexibility index (Phi) is 4.27. The lowest BCUT2D eigenvalue weighted by Crippen LogP contribution is -2.04. The van der Waals surface area contributed by atoms with Crippen LogP contribution in [0.5, 0.6) is 0 Å². The van der Waals surface area contributed by atoms with Crippen molar-refractivity contribution in [1.82, 2.24) is 19.9 Å². The van der Waals surface area contributed by atoms with Gasteiger partial charge in [-0.15, -0.1) is 0 Å². The fourth-order valence-corrected chi connectivity index (χ4v) is 2.72. The second-order valence-corrected chi connectivity index (χ2v) is 5.94. The summed E-state index contributed by atoms with van der Waals surface area (Å²) in [5.74, 6) is -0.138. The number of rotatable bonds is 5. The molecule has 26 heavy (non-hydrogen) atoms. The Labute approximate surface area is 148 Å². The van der Waals surface area contributed by atoms with Crippen LogP contribution in [0, 0.1) is 11.6 Å². The molecule has 0 aliphatic rings. The van der Waals surface area contributed by atoms with Gasteiger partial charge in [0.1, 0.15) is 17.3 Å². The third kappa shape index (κ3) is 3.51. The van der Waals surface area contributed by atoms with Crippen LogP contribution in [0.15, 0.2) is 55.1 Å². The minimum atomic E-state index is -0.366. The molecule has 3 heterocycles. The molecule has 0 unspecified atom stereocenters. The van der Waals surface area contributed by atoms with E-state index < -0.39 is 0 Å². The number of benzene rings is 1. The van der Waals surface area contributed by atoms with Crippen LogP contribution in [0.25, 0.3) is 11.0 Å². The number of halogens is 2. The molecule has 0 bridgehead atoms. The fraction of sp³-hybridized carbons (Fsp3) is 0.105. The first kappa shape index (κ1) is 16.1. The van der Waals surface area contributed by atoms with E-state index in [9.17, 15) is 8.78 Å². The molecular weight excluding hydrogens is 336 g/mol. The Morgan fingerprint density at radius 3 is 2.42 bits per heavy atom. The highest BCUT2D eigenvalue weighted by atomic mass is 19.1. The maximum atomic E-state index is 13.4. The van der Waals surface area contributed by atoms with Crippen LogP contribution in [-0.2, 0) is 13.0 Å². The van der Waals surface area contributed by atoms with Crippen molar-refractivity contribution in [3.8, 4) is 0 Å². The standard InChI is InChI=1S/C19H15F2N5/c20-15-3-1-12(2-4-15)7-24-19-25-8-13(9-26-19)5-14-10-22-18-17(14)6-16(21)11-23-18/h1-4,6,8-11H,5,7H2,(H,22,23)(H,24,25,26). The maximum Gasteiger partial charge on any atom is 0.222 e. The molecule has 0 aliphatic heterocycles. The molecule has 3 aromatic heterocycles. The summed E-state index contributed by atoms with van der Waals surface area (Å²) >= 11 is 0. The Balaban J connectivity index is 1.43. The van der Waals surface area contributed by atoms with Crippen LogP contribution in [0.1, 0.15) is 16.7 Å². The molecule has 0 radical (unpaired) electrons. The highest BCUT2D eigenvalue weighted by molar-refractivity contribution is 5.79. The molecule has 4 aromatic rings. The van der Waals surface area contributed by atoms with Crippen molar-refractivity contribution in [2.75, 3.05) is 5.32 Å². The Bertz CT molecular complexity index is 1030. The zero-order valence-electron chi connectivity index (χ0n) is 13.7. The molecule has 7 heteroatoms. The van der Waals surface area contributed by atoms with Crippen molar-refractivity contribution in [3.05, 3.63) is 83.4 Å². The zero-order valence-corrected chi connectivity index (χ0v) is 13.7. The van der Waals surface area contributed by atoms with Gasteiger partial charge in [0.2, 0.25) is 5.95 Å². The van der Waals surface area contributed by atoms with Gasteiger partial charge in [-0.05, 0) is 34.9 Å². The Morgan fingerprint density at radius 1 is 0.885 bits per heavy atom. The van der Waals surface area contributed by atoms with E-state index in [2.05, 4.69) is 25.3 Å². The lowest BCUT2D eigenvalue weighted by Gasteiger charge is -2.06. The van der Waals surface area contributed by atoms with Crippen LogP contribution in [0.3, 0.4) is 0 Å². The van der Waals surface area contributed by atoms with E-state index in [-0.39, 0.29) is 11.6 Å². The van der Waals surface area contributed by atoms with E-state index >= 15 is 0 Å². The second-order valence-electron chi connectivity index (χ2n) is 5.94. The molecular formula is C19H15F2N5. The van der Waals surface area contributed by atoms with Crippen molar-refractivity contribution in [2.24, 2.45) is 0 Å². The van der Waals surface area contributed by atoms with Crippen LogP contribution >= 0.6 is 0 Å². The molecule has 0 amide bonds. The lowest BCUT2D eigenvalue weighted by molar-refractivity contribution is 0.624. The van der Waals surface area contributed by atoms with Crippen molar-refractivity contribution >= 4 is 17.0 Å². The van der Waals surface area contributed by atoms with Gasteiger partial charge in [0.25, 0.3) is 0 Å². The number of pyridine rings is 1. The van der Waals surface area contributed by atoms with E-state index in [0.29, 0.717) is 24.6 Å². The molecule has 130 valence electrons. The predicted molar refractivity (Wildman–Crippen MR) is 94.6 cm³/mol. The van der Waals surface area contributed by atoms with Crippen molar-refractivity contribution < 1.29 is 8.78 Å². The first-order chi connectivity index (χ1) is 12.7. The topological polar surface area (TPSA) is 66.5 Å². The molecule has 0 saturated heterocycles. The number of fused-ring (bicyclic) bond motifs is 1. The summed E-state index contributed by atoms with van der Waals surface area (Å²) in [6.45, 7) is 0.507. The van der Waals surface area contributed by atoms with E-state index in [1.807, 2.05) is 6.20 Å². The fourth-order valence-electron chi connectivity index (χ4n) is 2.72. The number of nitrogens with one attached hydrogen (secondary N) is 2. The summed E-state index contributed by atoms with van der Waals surface area (Å²) in [6.07, 6.45) is 7.03.